The molecular weight excluding hydrogens is 276 g/mol. The Morgan fingerprint density at radius 3 is 2.35 bits per heavy atom. The number of anilines is 1. The summed E-state index contributed by atoms with van der Waals surface area (Å²) in [6.07, 6.45) is 2.73. The van der Waals surface area contributed by atoms with E-state index in [2.05, 4.69) is 5.32 Å². The van der Waals surface area contributed by atoms with Crippen LogP contribution in [0.5, 0.6) is 0 Å². The Labute approximate surface area is 120 Å². The van der Waals surface area contributed by atoms with E-state index in [0.717, 1.165) is 18.5 Å². The molecule has 20 heavy (non-hydrogen) atoms. The van der Waals surface area contributed by atoms with Gasteiger partial charge in [-0.05, 0) is 37.1 Å². The largest absolute Gasteiger partial charge is 0.391 e. The molecule has 1 saturated carbocycles. The van der Waals surface area contributed by atoms with Crippen LogP contribution in [0.3, 0.4) is 0 Å². The van der Waals surface area contributed by atoms with Crippen molar-refractivity contribution in [2.24, 2.45) is 0 Å². The lowest BCUT2D eigenvalue weighted by Gasteiger charge is -2.34. The molecule has 0 spiro atoms. The van der Waals surface area contributed by atoms with Gasteiger partial charge in [-0.2, -0.15) is 4.31 Å². The van der Waals surface area contributed by atoms with Crippen LogP contribution in [-0.2, 0) is 10.0 Å². The third-order valence-corrected chi connectivity index (χ3v) is 5.88. The zero-order chi connectivity index (χ0) is 14.8. The smallest absolute Gasteiger partial charge is 0.243 e. The van der Waals surface area contributed by atoms with Crippen LogP contribution in [0.4, 0.5) is 5.69 Å². The van der Waals surface area contributed by atoms with Gasteiger partial charge in [-0.15, -0.1) is 0 Å². The molecule has 0 radical (unpaired) electrons. The molecule has 2 unspecified atom stereocenters. The molecule has 1 fully saturated rings. The van der Waals surface area contributed by atoms with Gasteiger partial charge in [0.25, 0.3) is 0 Å². The Hall–Kier alpha value is -1.11. The minimum atomic E-state index is -3.55. The van der Waals surface area contributed by atoms with Crippen molar-refractivity contribution < 1.29 is 13.5 Å². The first-order valence-corrected chi connectivity index (χ1v) is 8.34. The van der Waals surface area contributed by atoms with Crippen molar-refractivity contribution >= 4 is 15.7 Å². The summed E-state index contributed by atoms with van der Waals surface area (Å²) in [6.45, 7) is 0. The maximum atomic E-state index is 12.6. The molecule has 1 aliphatic rings. The van der Waals surface area contributed by atoms with Crippen LogP contribution in [0, 0.1) is 0 Å². The first-order valence-electron chi connectivity index (χ1n) is 6.90. The van der Waals surface area contributed by atoms with Gasteiger partial charge in [0, 0.05) is 19.8 Å². The highest BCUT2D eigenvalue weighted by atomic mass is 32.2. The van der Waals surface area contributed by atoms with Gasteiger partial charge in [-0.3, -0.25) is 0 Å². The number of sulfonamides is 1. The molecule has 0 aromatic heterocycles. The van der Waals surface area contributed by atoms with Gasteiger partial charge in [0.15, 0.2) is 0 Å². The van der Waals surface area contributed by atoms with Crippen molar-refractivity contribution in [3.05, 3.63) is 24.3 Å². The predicted molar refractivity (Wildman–Crippen MR) is 79.2 cm³/mol. The minimum absolute atomic E-state index is 0.261. The van der Waals surface area contributed by atoms with E-state index in [0.29, 0.717) is 12.8 Å². The molecule has 1 aromatic carbocycles. The summed E-state index contributed by atoms with van der Waals surface area (Å²) >= 11 is 0. The summed E-state index contributed by atoms with van der Waals surface area (Å²) in [4.78, 5) is 0.261. The highest BCUT2D eigenvalue weighted by molar-refractivity contribution is 7.89. The SMILES string of the molecule is CNc1ccc(S(=O)(=O)N(C)C2CCCCC2O)cc1. The van der Waals surface area contributed by atoms with Crippen LogP contribution in [-0.4, -0.2) is 44.1 Å². The van der Waals surface area contributed by atoms with Crippen LogP contribution in [0.1, 0.15) is 25.7 Å². The van der Waals surface area contributed by atoms with E-state index in [-0.39, 0.29) is 10.9 Å². The van der Waals surface area contributed by atoms with E-state index < -0.39 is 16.1 Å². The number of likely N-dealkylation sites (N-methyl/N-ethyl adjacent to an activating group) is 1. The first-order chi connectivity index (χ1) is 9.46. The van der Waals surface area contributed by atoms with Crippen LogP contribution >= 0.6 is 0 Å². The Balaban J connectivity index is 2.23. The summed E-state index contributed by atoms with van der Waals surface area (Å²) in [5.74, 6) is 0. The second-order valence-corrected chi connectivity index (χ2v) is 7.21. The van der Waals surface area contributed by atoms with Crippen molar-refractivity contribution in [1.82, 2.24) is 4.31 Å². The number of aliphatic hydroxyl groups excluding tert-OH is 1. The lowest BCUT2D eigenvalue weighted by Crippen LogP contribution is -2.46. The van der Waals surface area contributed by atoms with Crippen LogP contribution in [0.15, 0.2) is 29.2 Å². The zero-order valence-corrected chi connectivity index (χ0v) is 12.7. The second-order valence-electron chi connectivity index (χ2n) is 5.21. The summed E-state index contributed by atoms with van der Waals surface area (Å²) in [6, 6.07) is 6.33. The van der Waals surface area contributed by atoms with Crippen LogP contribution < -0.4 is 5.32 Å². The molecule has 2 rings (SSSR count). The highest BCUT2D eigenvalue weighted by Gasteiger charge is 2.34. The molecular formula is C14H22N2O3S. The molecule has 6 heteroatoms. The third-order valence-electron chi connectivity index (χ3n) is 3.98. The van der Waals surface area contributed by atoms with Crippen LogP contribution in [0.25, 0.3) is 0 Å². The monoisotopic (exact) mass is 298 g/mol. The maximum Gasteiger partial charge on any atom is 0.243 e. The summed E-state index contributed by atoms with van der Waals surface area (Å²) in [5, 5.41) is 13.0. The Morgan fingerprint density at radius 2 is 1.80 bits per heavy atom. The van der Waals surface area contributed by atoms with Gasteiger partial charge in [0.2, 0.25) is 10.0 Å². The minimum Gasteiger partial charge on any atom is -0.391 e. The molecule has 1 aromatic rings. The maximum absolute atomic E-state index is 12.6. The standard InChI is InChI=1S/C14H22N2O3S/c1-15-11-7-9-12(10-8-11)20(18,19)16(2)13-5-3-4-6-14(13)17/h7-10,13-15,17H,3-6H2,1-2H3. The van der Waals surface area contributed by atoms with Crippen molar-refractivity contribution in [3.63, 3.8) is 0 Å². The molecule has 0 bridgehead atoms. The molecule has 5 nitrogen and oxygen atoms in total. The fourth-order valence-electron chi connectivity index (χ4n) is 2.65. The van der Waals surface area contributed by atoms with Gasteiger partial charge >= 0.3 is 0 Å². The van der Waals surface area contributed by atoms with E-state index in [1.807, 2.05) is 0 Å². The molecule has 112 valence electrons. The van der Waals surface area contributed by atoms with E-state index in [1.165, 1.54) is 4.31 Å². The van der Waals surface area contributed by atoms with E-state index in [4.69, 9.17) is 0 Å². The van der Waals surface area contributed by atoms with Crippen LogP contribution in [0.2, 0.25) is 0 Å². The van der Waals surface area contributed by atoms with Crippen molar-refractivity contribution in [1.29, 1.82) is 0 Å². The number of nitrogens with zero attached hydrogens (tertiary/aromatic N) is 1. The van der Waals surface area contributed by atoms with Gasteiger partial charge < -0.3 is 10.4 Å². The normalized spacial score (nSPS) is 23.8. The number of nitrogens with one attached hydrogen (secondary N) is 1. The van der Waals surface area contributed by atoms with E-state index in [1.54, 1.807) is 38.4 Å². The fraction of sp³-hybridized carbons (Fsp3) is 0.571. The average molecular weight is 298 g/mol. The molecule has 0 aliphatic heterocycles. The number of hydrogen-bond donors (Lipinski definition) is 2. The van der Waals surface area contributed by atoms with Crippen molar-refractivity contribution in [2.45, 2.75) is 42.7 Å². The van der Waals surface area contributed by atoms with E-state index in [9.17, 15) is 13.5 Å². The molecule has 0 saturated heterocycles. The topological polar surface area (TPSA) is 69.6 Å². The van der Waals surface area contributed by atoms with Crippen molar-refractivity contribution in [2.75, 3.05) is 19.4 Å². The third kappa shape index (κ3) is 2.97. The van der Waals surface area contributed by atoms with Gasteiger partial charge in [-0.1, -0.05) is 12.8 Å². The number of rotatable bonds is 4. The summed E-state index contributed by atoms with van der Waals surface area (Å²) < 4.78 is 26.5. The van der Waals surface area contributed by atoms with Gasteiger partial charge in [-0.25, -0.2) is 8.42 Å². The fourth-order valence-corrected chi connectivity index (χ4v) is 4.07. The molecule has 0 heterocycles. The molecule has 1 aliphatic carbocycles. The lowest BCUT2D eigenvalue weighted by molar-refractivity contribution is 0.0638. The highest BCUT2D eigenvalue weighted by Crippen LogP contribution is 2.27. The van der Waals surface area contributed by atoms with E-state index >= 15 is 0 Å². The van der Waals surface area contributed by atoms with Gasteiger partial charge in [0.05, 0.1) is 17.0 Å². The number of hydrogen-bond acceptors (Lipinski definition) is 4. The summed E-state index contributed by atoms with van der Waals surface area (Å²) in [5.41, 5.74) is 0.865. The molecule has 0 amide bonds. The second kappa shape index (κ2) is 6.11. The Bertz CT molecular complexity index is 542. The average Bonchev–Trinajstić information content (AvgIpc) is 2.47. The summed E-state index contributed by atoms with van der Waals surface area (Å²) in [7, 11) is -0.209. The molecule has 2 atom stereocenters. The Morgan fingerprint density at radius 1 is 1.20 bits per heavy atom. The number of benzene rings is 1. The number of aliphatic hydroxyl groups is 1. The lowest BCUT2D eigenvalue weighted by atomic mass is 9.93. The van der Waals surface area contributed by atoms with Crippen molar-refractivity contribution in [3.8, 4) is 0 Å². The zero-order valence-electron chi connectivity index (χ0n) is 11.9. The van der Waals surface area contributed by atoms with Gasteiger partial charge in [0.1, 0.15) is 0 Å². The quantitative estimate of drug-likeness (QED) is 0.887. The Kier molecular flexibility index (Phi) is 4.67. The first kappa shape index (κ1) is 15.3. The molecule has 2 N–H and O–H groups in total. The predicted octanol–water partition coefficient (Wildman–Crippen LogP) is 1.65.